The van der Waals surface area contributed by atoms with Gasteiger partial charge in [0.1, 0.15) is 0 Å². The maximum absolute atomic E-state index is 4.71. The van der Waals surface area contributed by atoms with Crippen molar-refractivity contribution in [3.05, 3.63) is 29.3 Å². The Bertz CT molecular complexity index is 454. The van der Waals surface area contributed by atoms with Crippen molar-refractivity contribution in [3.8, 4) is 0 Å². The summed E-state index contributed by atoms with van der Waals surface area (Å²) in [6.45, 7) is 8.82. The van der Waals surface area contributed by atoms with Crippen molar-refractivity contribution in [1.82, 2.24) is 0 Å². The Morgan fingerprint density at radius 3 is 2.83 bits per heavy atom. The van der Waals surface area contributed by atoms with E-state index in [-0.39, 0.29) is 0 Å². The number of rotatable bonds is 2. The minimum atomic E-state index is 0.429. The van der Waals surface area contributed by atoms with Crippen LogP contribution < -0.4 is 5.32 Å². The van der Waals surface area contributed by atoms with Crippen LogP contribution in [-0.4, -0.2) is 16.5 Å². The number of aryl methyl sites for hydroxylation is 2. The minimum Gasteiger partial charge on any atom is -0.335 e. The van der Waals surface area contributed by atoms with Gasteiger partial charge < -0.3 is 5.32 Å². The summed E-state index contributed by atoms with van der Waals surface area (Å²) in [7, 11) is 0. The highest BCUT2D eigenvalue weighted by molar-refractivity contribution is 8.14. The molecule has 0 aliphatic carbocycles. The summed E-state index contributed by atoms with van der Waals surface area (Å²) < 4.78 is 0. The summed E-state index contributed by atoms with van der Waals surface area (Å²) in [6.07, 6.45) is 2.22. The van der Waals surface area contributed by atoms with Gasteiger partial charge in [0.05, 0.1) is 6.04 Å². The smallest absolute Gasteiger partial charge is 0.161 e. The van der Waals surface area contributed by atoms with Gasteiger partial charge in [-0.3, -0.25) is 4.99 Å². The van der Waals surface area contributed by atoms with E-state index in [2.05, 4.69) is 51.2 Å². The Morgan fingerprint density at radius 2 is 2.17 bits per heavy atom. The van der Waals surface area contributed by atoms with Crippen LogP contribution in [0.1, 0.15) is 38.3 Å². The van der Waals surface area contributed by atoms with Gasteiger partial charge in [0.2, 0.25) is 0 Å². The van der Waals surface area contributed by atoms with Gasteiger partial charge in [-0.05, 0) is 37.8 Å². The lowest BCUT2D eigenvalue weighted by atomic mass is 10.1. The first-order chi connectivity index (χ1) is 8.60. The predicted molar refractivity (Wildman–Crippen MR) is 82.7 cm³/mol. The number of anilines is 1. The molecule has 1 aromatic rings. The first-order valence-corrected chi connectivity index (χ1v) is 7.58. The molecule has 98 valence electrons. The molecule has 0 bridgehead atoms. The molecule has 0 amide bonds. The number of para-hydroxylation sites is 1. The Kier molecular flexibility index (Phi) is 4.33. The monoisotopic (exact) mass is 262 g/mol. The van der Waals surface area contributed by atoms with Crippen molar-refractivity contribution in [2.24, 2.45) is 4.99 Å². The largest absolute Gasteiger partial charge is 0.335 e. The van der Waals surface area contributed by atoms with Crippen LogP contribution in [0.15, 0.2) is 23.2 Å². The molecule has 3 heteroatoms. The van der Waals surface area contributed by atoms with Gasteiger partial charge in [0.25, 0.3) is 0 Å². The van der Waals surface area contributed by atoms with Crippen molar-refractivity contribution in [2.75, 3.05) is 5.32 Å². The molecule has 0 fully saturated rings. The molecule has 1 aliphatic rings. The van der Waals surface area contributed by atoms with Crippen molar-refractivity contribution in [1.29, 1.82) is 0 Å². The summed E-state index contributed by atoms with van der Waals surface area (Å²) >= 11 is 1.85. The summed E-state index contributed by atoms with van der Waals surface area (Å²) in [5, 5.41) is 5.26. The highest BCUT2D eigenvalue weighted by Crippen LogP contribution is 2.28. The first kappa shape index (κ1) is 13.5. The molecule has 0 aromatic heterocycles. The predicted octanol–water partition coefficient (Wildman–Crippen LogP) is 4.24. The van der Waals surface area contributed by atoms with Crippen LogP contribution in [0.5, 0.6) is 0 Å². The number of aliphatic imine (C=N–C) groups is 1. The van der Waals surface area contributed by atoms with Gasteiger partial charge in [-0.15, -0.1) is 0 Å². The fourth-order valence-electron chi connectivity index (χ4n) is 2.37. The van der Waals surface area contributed by atoms with Gasteiger partial charge in [0.15, 0.2) is 5.17 Å². The molecular formula is C15H22N2S. The van der Waals surface area contributed by atoms with Crippen LogP contribution in [0.2, 0.25) is 0 Å². The second-order valence-corrected chi connectivity index (χ2v) is 6.46. The molecule has 1 aromatic carbocycles. The fourth-order valence-corrected chi connectivity index (χ4v) is 3.53. The topological polar surface area (TPSA) is 24.4 Å². The molecule has 1 aliphatic heterocycles. The van der Waals surface area contributed by atoms with E-state index >= 15 is 0 Å². The molecule has 2 rings (SSSR count). The third-order valence-electron chi connectivity index (χ3n) is 3.30. The van der Waals surface area contributed by atoms with Gasteiger partial charge in [0, 0.05) is 10.9 Å². The average Bonchev–Trinajstić information content (AvgIpc) is 2.30. The van der Waals surface area contributed by atoms with E-state index in [0.717, 1.165) is 11.6 Å². The Labute approximate surface area is 114 Å². The van der Waals surface area contributed by atoms with E-state index < -0.39 is 0 Å². The maximum atomic E-state index is 4.71. The zero-order chi connectivity index (χ0) is 13.1. The average molecular weight is 262 g/mol. The lowest BCUT2D eigenvalue weighted by Crippen LogP contribution is -2.23. The van der Waals surface area contributed by atoms with Crippen LogP contribution in [-0.2, 0) is 6.42 Å². The SMILES string of the molecule is CCc1cccc(C)c1NC1=NC(C)CC(C)S1. The van der Waals surface area contributed by atoms with E-state index in [4.69, 9.17) is 4.99 Å². The van der Waals surface area contributed by atoms with Gasteiger partial charge in [-0.2, -0.15) is 0 Å². The molecule has 0 saturated carbocycles. The molecule has 18 heavy (non-hydrogen) atoms. The minimum absolute atomic E-state index is 0.429. The lowest BCUT2D eigenvalue weighted by Gasteiger charge is -2.24. The number of hydrogen-bond acceptors (Lipinski definition) is 3. The number of nitrogens with zero attached hydrogens (tertiary/aromatic N) is 1. The zero-order valence-corrected chi connectivity index (χ0v) is 12.5. The third kappa shape index (κ3) is 3.08. The summed E-state index contributed by atoms with van der Waals surface area (Å²) in [5.74, 6) is 0. The molecule has 2 unspecified atom stereocenters. The van der Waals surface area contributed by atoms with Crippen LogP contribution in [0.25, 0.3) is 0 Å². The standard InChI is InChI=1S/C15H22N2S/c1-5-13-8-6-7-10(2)14(13)17-15-16-11(3)9-12(4)18-15/h6-8,11-12H,5,9H2,1-4H3,(H,16,17). The highest BCUT2D eigenvalue weighted by atomic mass is 32.2. The molecule has 0 saturated heterocycles. The van der Waals surface area contributed by atoms with Crippen molar-refractivity contribution < 1.29 is 0 Å². The van der Waals surface area contributed by atoms with Crippen LogP contribution >= 0.6 is 11.8 Å². The Balaban J connectivity index is 2.24. The number of nitrogens with one attached hydrogen (secondary N) is 1. The highest BCUT2D eigenvalue weighted by Gasteiger charge is 2.19. The molecule has 2 nitrogen and oxygen atoms in total. The second-order valence-electron chi connectivity index (χ2n) is 5.04. The number of amidine groups is 1. The molecule has 1 heterocycles. The quantitative estimate of drug-likeness (QED) is 0.862. The zero-order valence-electron chi connectivity index (χ0n) is 11.7. The second kappa shape index (κ2) is 5.79. The molecule has 0 spiro atoms. The third-order valence-corrected chi connectivity index (χ3v) is 4.32. The van der Waals surface area contributed by atoms with E-state index in [1.54, 1.807) is 0 Å². The van der Waals surface area contributed by atoms with E-state index in [9.17, 15) is 0 Å². The lowest BCUT2D eigenvalue weighted by molar-refractivity contribution is 0.661. The van der Waals surface area contributed by atoms with Crippen LogP contribution in [0, 0.1) is 6.92 Å². The van der Waals surface area contributed by atoms with Gasteiger partial charge in [-0.1, -0.05) is 43.8 Å². The number of hydrogen-bond donors (Lipinski definition) is 1. The van der Waals surface area contributed by atoms with Gasteiger partial charge >= 0.3 is 0 Å². The molecule has 0 radical (unpaired) electrons. The maximum Gasteiger partial charge on any atom is 0.161 e. The normalized spacial score (nSPS) is 23.7. The van der Waals surface area contributed by atoms with Crippen LogP contribution in [0.3, 0.4) is 0 Å². The molecular weight excluding hydrogens is 240 g/mol. The fraction of sp³-hybridized carbons (Fsp3) is 0.533. The molecule has 2 atom stereocenters. The first-order valence-electron chi connectivity index (χ1n) is 6.70. The van der Waals surface area contributed by atoms with E-state index in [0.29, 0.717) is 11.3 Å². The summed E-state index contributed by atoms with van der Waals surface area (Å²) in [6, 6.07) is 6.90. The van der Waals surface area contributed by atoms with Crippen molar-refractivity contribution >= 4 is 22.6 Å². The summed E-state index contributed by atoms with van der Waals surface area (Å²) in [4.78, 5) is 4.71. The molecule has 1 N–H and O–H groups in total. The Hall–Kier alpha value is -0.960. The van der Waals surface area contributed by atoms with E-state index in [1.165, 1.54) is 23.2 Å². The van der Waals surface area contributed by atoms with E-state index in [1.807, 2.05) is 11.8 Å². The van der Waals surface area contributed by atoms with Gasteiger partial charge in [-0.25, -0.2) is 0 Å². The number of thioether (sulfide) groups is 1. The van der Waals surface area contributed by atoms with Crippen molar-refractivity contribution in [3.63, 3.8) is 0 Å². The Morgan fingerprint density at radius 1 is 1.39 bits per heavy atom. The van der Waals surface area contributed by atoms with Crippen molar-refractivity contribution in [2.45, 2.75) is 51.8 Å². The van der Waals surface area contributed by atoms with Crippen LogP contribution in [0.4, 0.5) is 5.69 Å². The summed E-state index contributed by atoms with van der Waals surface area (Å²) in [5.41, 5.74) is 3.90. The number of benzene rings is 1.